The van der Waals surface area contributed by atoms with Gasteiger partial charge in [0.1, 0.15) is 6.61 Å². The molecular formula is C7H11NO5. The molecule has 0 bridgehead atoms. The molecule has 1 aliphatic rings. The van der Waals surface area contributed by atoms with Crippen LogP contribution in [0.5, 0.6) is 0 Å². The highest BCUT2D eigenvalue weighted by atomic mass is 16.5. The average molecular weight is 189 g/mol. The van der Waals surface area contributed by atoms with Crippen LogP contribution >= 0.6 is 0 Å². The van der Waals surface area contributed by atoms with Crippen molar-refractivity contribution >= 4 is 11.9 Å². The van der Waals surface area contributed by atoms with Crippen molar-refractivity contribution < 1.29 is 24.2 Å². The smallest absolute Gasteiger partial charge is 0.350 e. The lowest BCUT2D eigenvalue weighted by Gasteiger charge is -2.28. The van der Waals surface area contributed by atoms with Crippen molar-refractivity contribution in [3.63, 3.8) is 0 Å². The van der Waals surface area contributed by atoms with E-state index in [1.165, 1.54) is 12.0 Å². The molecule has 0 aromatic heterocycles. The lowest BCUT2D eigenvalue weighted by molar-refractivity contribution is -0.171. The van der Waals surface area contributed by atoms with Crippen LogP contribution in [-0.4, -0.2) is 55.0 Å². The van der Waals surface area contributed by atoms with Crippen molar-refractivity contribution in [2.24, 2.45) is 0 Å². The molecule has 1 N–H and O–H groups in total. The second kappa shape index (κ2) is 4.20. The normalized spacial score (nSPS) is 20.6. The number of aliphatic hydroxyl groups is 1. The number of carbonyl (C=O) groups is 2. The van der Waals surface area contributed by atoms with E-state index in [2.05, 4.69) is 9.47 Å². The fraction of sp³-hybridized carbons (Fsp3) is 0.714. The number of cyclic esters (lactones) is 1. The van der Waals surface area contributed by atoms with Gasteiger partial charge in [-0.25, -0.2) is 4.79 Å². The van der Waals surface area contributed by atoms with Gasteiger partial charge in [0, 0.05) is 6.54 Å². The predicted octanol–water partition coefficient (Wildman–Crippen LogP) is -1.66. The zero-order valence-corrected chi connectivity index (χ0v) is 7.23. The minimum Gasteiger partial charge on any atom is -0.466 e. The summed E-state index contributed by atoms with van der Waals surface area (Å²) in [4.78, 5) is 22.9. The summed E-state index contributed by atoms with van der Waals surface area (Å²) < 4.78 is 8.95. The topological polar surface area (TPSA) is 76.1 Å². The van der Waals surface area contributed by atoms with Crippen molar-refractivity contribution in [1.29, 1.82) is 0 Å². The van der Waals surface area contributed by atoms with Gasteiger partial charge in [-0.2, -0.15) is 0 Å². The Balaban J connectivity index is 2.50. The molecule has 1 rings (SSSR count). The number of carbonyl (C=O) groups excluding carboxylic acids is 2. The highest BCUT2D eigenvalue weighted by molar-refractivity contribution is 5.76. The molecule has 1 fully saturated rings. The number of rotatable bonds is 2. The number of ether oxygens (including phenoxy) is 2. The number of aliphatic hydroxyl groups excluding tert-OH is 1. The molecule has 1 atom stereocenters. The Kier molecular flexibility index (Phi) is 3.21. The zero-order chi connectivity index (χ0) is 9.84. The van der Waals surface area contributed by atoms with E-state index in [4.69, 9.17) is 0 Å². The Hall–Kier alpha value is -1.14. The second-order valence-electron chi connectivity index (χ2n) is 2.59. The number of hydrogen-bond acceptors (Lipinski definition) is 6. The molecule has 6 heteroatoms. The maximum absolute atomic E-state index is 10.9. The van der Waals surface area contributed by atoms with Gasteiger partial charge in [-0.15, -0.1) is 0 Å². The summed E-state index contributed by atoms with van der Waals surface area (Å²) in [5.41, 5.74) is 0. The van der Waals surface area contributed by atoms with E-state index in [0.717, 1.165) is 0 Å². The Labute approximate surface area is 75.0 Å². The molecule has 1 unspecified atom stereocenters. The summed E-state index contributed by atoms with van der Waals surface area (Å²) in [6, 6.07) is 0. The Morgan fingerprint density at radius 3 is 3.00 bits per heavy atom. The van der Waals surface area contributed by atoms with Crippen LogP contribution < -0.4 is 0 Å². The number of methoxy groups -OCH3 is 1. The summed E-state index contributed by atoms with van der Waals surface area (Å²) in [6.07, 6.45) is -1.38. The first kappa shape index (κ1) is 9.94. The van der Waals surface area contributed by atoms with E-state index >= 15 is 0 Å². The molecule has 1 heterocycles. The van der Waals surface area contributed by atoms with Crippen LogP contribution in [-0.2, 0) is 19.1 Å². The standard InChI is InChI=1S/C7H11NO5/c1-12-7(11)6(10)8-2-3-13-5(9)4-8/h6,10H,2-4H2,1H3. The number of nitrogens with zero attached hydrogens (tertiary/aromatic N) is 1. The van der Waals surface area contributed by atoms with Crippen LogP contribution in [0.4, 0.5) is 0 Å². The molecular weight excluding hydrogens is 178 g/mol. The van der Waals surface area contributed by atoms with E-state index in [-0.39, 0.29) is 13.2 Å². The average Bonchev–Trinajstić information content (AvgIpc) is 2.15. The minimum atomic E-state index is -1.38. The molecule has 1 saturated heterocycles. The summed E-state index contributed by atoms with van der Waals surface area (Å²) in [7, 11) is 1.17. The van der Waals surface area contributed by atoms with Crippen molar-refractivity contribution in [2.45, 2.75) is 6.23 Å². The molecule has 0 saturated carbocycles. The monoisotopic (exact) mass is 189 g/mol. The Bertz CT molecular complexity index is 217. The van der Waals surface area contributed by atoms with Crippen molar-refractivity contribution in [1.82, 2.24) is 4.90 Å². The van der Waals surface area contributed by atoms with E-state index in [0.29, 0.717) is 6.54 Å². The maximum Gasteiger partial charge on any atom is 0.350 e. The van der Waals surface area contributed by atoms with Gasteiger partial charge >= 0.3 is 11.9 Å². The first-order valence-electron chi connectivity index (χ1n) is 3.80. The molecule has 0 aliphatic carbocycles. The van der Waals surface area contributed by atoms with Gasteiger partial charge in [0.15, 0.2) is 0 Å². The minimum absolute atomic E-state index is 0.0870. The molecule has 6 nitrogen and oxygen atoms in total. The van der Waals surface area contributed by atoms with E-state index in [1.54, 1.807) is 0 Å². The molecule has 0 aromatic rings. The predicted molar refractivity (Wildman–Crippen MR) is 40.6 cm³/mol. The van der Waals surface area contributed by atoms with Crippen molar-refractivity contribution in [3.05, 3.63) is 0 Å². The van der Waals surface area contributed by atoms with Gasteiger partial charge in [-0.3, -0.25) is 9.69 Å². The Morgan fingerprint density at radius 1 is 1.77 bits per heavy atom. The molecule has 13 heavy (non-hydrogen) atoms. The van der Waals surface area contributed by atoms with E-state index in [1.807, 2.05) is 0 Å². The highest BCUT2D eigenvalue weighted by Crippen LogP contribution is 2.03. The summed E-state index contributed by atoms with van der Waals surface area (Å²) >= 11 is 0. The van der Waals surface area contributed by atoms with Gasteiger partial charge in [-0.05, 0) is 0 Å². The lowest BCUT2D eigenvalue weighted by atomic mass is 10.4. The molecule has 0 spiro atoms. The summed E-state index contributed by atoms with van der Waals surface area (Å²) in [5.74, 6) is -1.22. The van der Waals surface area contributed by atoms with Crippen LogP contribution in [0.3, 0.4) is 0 Å². The molecule has 0 aromatic carbocycles. The third-order valence-corrected chi connectivity index (χ3v) is 1.73. The third kappa shape index (κ3) is 2.40. The number of morpholine rings is 1. The van der Waals surface area contributed by atoms with Crippen LogP contribution in [0.15, 0.2) is 0 Å². The van der Waals surface area contributed by atoms with Gasteiger partial charge in [-0.1, -0.05) is 0 Å². The molecule has 0 radical (unpaired) electrons. The van der Waals surface area contributed by atoms with Crippen LogP contribution in [0.25, 0.3) is 0 Å². The second-order valence-corrected chi connectivity index (χ2v) is 2.59. The maximum atomic E-state index is 10.9. The lowest BCUT2D eigenvalue weighted by Crippen LogP contribution is -2.49. The highest BCUT2D eigenvalue weighted by Gasteiger charge is 2.29. The number of esters is 2. The first-order chi connectivity index (χ1) is 6.15. The zero-order valence-electron chi connectivity index (χ0n) is 7.23. The number of hydrogen-bond donors (Lipinski definition) is 1. The van der Waals surface area contributed by atoms with Gasteiger partial charge in [0.05, 0.1) is 13.7 Å². The Morgan fingerprint density at radius 2 is 2.46 bits per heavy atom. The SMILES string of the molecule is COC(=O)C(O)N1CCOC(=O)C1. The summed E-state index contributed by atoms with van der Waals surface area (Å²) in [5, 5.41) is 9.30. The first-order valence-corrected chi connectivity index (χ1v) is 3.80. The fourth-order valence-electron chi connectivity index (χ4n) is 1.03. The molecule has 0 amide bonds. The largest absolute Gasteiger partial charge is 0.466 e. The van der Waals surface area contributed by atoms with Gasteiger partial charge in [0.25, 0.3) is 0 Å². The van der Waals surface area contributed by atoms with Crippen LogP contribution in [0.1, 0.15) is 0 Å². The van der Waals surface area contributed by atoms with Gasteiger partial charge in [0.2, 0.25) is 6.23 Å². The molecule has 1 aliphatic heterocycles. The quantitative estimate of drug-likeness (QED) is 0.524. The summed E-state index contributed by atoms with van der Waals surface area (Å²) in [6.45, 7) is 0.436. The molecule has 74 valence electrons. The van der Waals surface area contributed by atoms with Crippen molar-refractivity contribution in [3.8, 4) is 0 Å². The van der Waals surface area contributed by atoms with E-state index in [9.17, 15) is 14.7 Å². The van der Waals surface area contributed by atoms with Gasteiger partial charge < -0.3 is 14.6 Å². The van der Waals surface area contributed by atoms with Crippen LogP contribution in [0, 0.1) is 0 Å². The third-order valence-electron chi connectivity index (χ3n) is 1.73. The fourth-order valence-corrected chi connectivity index (χ4v) is 1.03. The van der Waals surface area contributed by atoms with E-state index < -0.39 is 18.2 Å². The van der Waals surface area contributed by atoms with Crippen LogP contribution in [0.2, 0.25) is 0 Å². The van der Waals surface area contributed by atoms with Crippen molar-refractivity contribution in [2.75, 3.05) is 26.8 Å².